The Morgan fingerprint density at radius 1 is 1.50 bits per heavy atom. The van der Waals surface area contributed by atoms with Crippen LogP contribution in [0, 0.1) is 0 Å². The second-order valence-corrected chi connectivity index (χ2v) is 1.54. The van der Waals surface area contributed by atoms with Gasteiger partial charge < -0.3 is 0 Å². The summed E-state index contributed by atoms with van der Waals surface area (Å²) in [4.78, 5) is 0. The second kappa shape index (κ2) is 2.63. The molecule has 0 rings (SSSR count). The molecule has 0 fully saturated rings. The number of rotatable bonds is 0. The number of hydrogen-bond acceptors (Lipinski definition) is 2. The molecule has 0 unspecified atom stereocenters. The topological polar surface area (TPSA) is 80.4 Å². The summed E-state index contributed by atoms with van der Waals surface area (Å²) >= 11 is 0. The van der Waals surface area contributed by atoms with E-state index in [2.05, 4.69) is 5.14 Å². The first-order chi connectivity index (χ1) is 2.00. The fourth-order valence-corrected chi connectivity index (χ4v) is 0. The molecule has 6 heavy (non-hydrogen) atoms. The maximum Gasteiger partial charge on any atom is 0.330 e. The van der Waals surface area contributed by atoms with Gasteiger partial charge in [-0.05, 0) is 0 Å². The first kappa shape index (κ1) is 9.71. The Bertz CT molecular complexity index is 94.0. The monoisotopic (exact) mass is 161 g/mol. The quantitative estimate of drug-likeness (QED) is 0.345. The van der Waals surface area contributed by atoms with E-state index in [0.29, 0.717) is 0 Å². The van der Waals surface area contributed by atoms with Crippen molar-refractivity contribution >= 4 is 10.3 Å². The van der Waals surface area contributed by atoms with E-state index >= 15 is 0 Å². The van der Waals surface area contributed by atoms with Crippen molar-refractivity contribution in [3.05, 3.63) is 0 Å². The molecular weight excluding hydrogens is 159 g/mol. The molecule has 0 aliphatic rings. The molecule has 0 heterocycles. The van der Waals surface area contributed by atoms with Gasteiger partial charge in [0.1, 0.15) is 0 Å². The minimum absolute atomic E-state index is 0. The van der Waals surface area contributed by atoms with Gasteiger partial charge in [0.05, 0.1) is 0 Å². The van der Waals surface area contributed by atoms with Crippen LogP contribution in [-0.2, 0) is 29.8 Å². The molecule has 6 heteroatoms. The molecule has 0 aliphatic heterocycles. The fraction of sp³-hybridized carbons (Fsp3) is 0. The summed E-state index contributed by atoms with van der Waals surface area (Å²) in [5, 5.41) is 3.88. The summed E-state index contributed by atoms with van der Waals surface area (Å²) in [7, 11) is -4.17. The molecule has 0 aliphatic carbocycles. The van der Waals surface area contributed by atoms with Crippen molar-refractivity contribution in [3.63, 3.8) is 0 Å². The third kappa shape index (κ3) is 225. The first-order valence-electron chi connectivity index (χ1n) is 0.752. The Morgan fingerprint density at radius 2 is 1.50 bits per heavy atom. The molecular formula is H3NO3SZn. The molecule has 0 amide bonds. The van der Waals surface area contributed by atoms with Crippen LogP contribution in [-0.4, -0.2) is 13.0 Å². The van der Waals surface area contributed by atoms with Gasteiger partial charge in [-0.15, -0.1) is 0 Å². The predicted octanol–water partition coefficient (Wildman–Crippen LogP) is -1.25. The Hall–Kier alpha value is 0.493. The van der Waals surface area contributed by atoms with Gasteiger partial charge in [-0.25, -0.2) is 5.14 Å². The molecule has 0 aromatic rings. The third-order valence-corrected chi connectivity index (χ3v) is 0. The first-order valence-corrected chi connectivity index (χ1v) is 2.25. The zero-order chi connectivity index (χ0) is 4.50. The predicted molar refractivity (Wildman–Crippen MR) is 15.7 cm³/mol. The molecule has 0 aromatic carbocycles. The minimum Gasteiger partial charge on any atom is -0.274 e. The van der Waals surface area contributed by atoms with Crippen molar-refractivity contribution in [1.29, 1.82) is 0 Å². The van der Waals surface area contributed by atoms with Gasteiger partial charge >= 0.3 is 10.3 Å². The largest absolute Gasteiger partial charge is 0.330 e. The van der Waals surface area contributed by atoms with Crippen molar-refractivity contribution in [2.75, 3.05) is 0 Å². The molecule has 0 spiro atoms. The Labute approximate surface area is 48.4 Å². The van der Waals surface area contributed by atoms with E-state index in [4.69, 9.17) is 13.0 Å². The van der Waals surface area contributed by atoms with E-state index in [-0.39, 0.29) is 19.5 Å². The van der Waals surface area contributed by atoms with Gasteiger partial charge in [0.2, 0.25) is 0 Å². The van der Waals surface area contributed by atoms with Gasteiger partial charge in [-0.2, -0.15) is 8.42 Å². The fourth-order valence-electron chi connectivity index (χ4n) is 0. The van der Waals surface area contributed by atoms with Crippen LogP contribution < -0.4 is 5.14 Å². The molecule has 34 valence electrons. The van der Waals surface area contributed by atoms with E-state index in [1.165, 1.54) is 0 Å². The van der Waals surface area contributed by atoms with E-state index in [1.807, 2.05) is 0 Å². The van der Waals surface area contributed by atoms with Crippen molar-refractivity contribution in [3.8, 4) is 0 Å². The van der Waals surface area contributed by atoms with Crippen molar-refractivity contribution in [1.82, 2.24) is 0 Å². The molecule has 0 saturated heterocycles. The van der Waals surface area contributed by atoms with Crippen molar-refractivity contribution in [2.24, 2.45) is 5.14 Å². The molecule has 4 nitrogen and oxygen atoms in total. The molecule has 3 N–H and O–H groups in total. The van der Waals surface area contributed by atoms with Crippen LogP contribution in [0.5, 0.6) is 0 Å². The Morgan fingerprint density at radius 3 is 1.50 bits per heavy atom. The number of nitrogens with two attached hydrogens (primary N) is 1. The van der Waals surface area contributed by atoms with E-state index in [0.717, 1.165) is 0 Å². The summed E-state index contributed by atoms with van der Waals surface area (Å²) in [5.74, 6) is 0. The summed E-state index contributed by atoms with van der Waals surface area (Å²) in [6, 6.07) is 0. The average Bonchev–Trinajstić information content (AvgIpc) is 0.722. The standard InChI is InChI=1S/H3NO3S.Zn/c1-5(2,3)4;/h(H3,1,2,3,4);. The van der Waals surface area contributed by atoms with Crippen LogP contribution in [0.15, 0.2) is 0 Å². The Kier molecular flexibility index (Phi) is 4.25. The molecule has 0 bridgehead atoms. The van der Waals surface area contributed by atoms with Crippen molar-refractivity contribution in [2.45, 2.75) is 0 Å². The molecule has 0 saturated carbocycles. The van der Waals surface area contributed by atoms with Crippen LogP contribution in [0.4, 0.5) is 0 Å². The number of hydrogen-bond donors (Lipinski definition) is 2. The van der Waals surface area contributed by atoms with Gasteiger partial charge in [0.15, 0.2) is 0 Å². The van der Waals surface area contributed by atoms with Gasteiger partial charge in [-0.3, -0.25) is 4.55 Å². The van der Waals surface area contributed by atoms with E-state index < -0.39 is 10.3 Å². The van der Waals surface area contributed by atoms with Crippen LogP contribution in [0.2, 0.25) is 0 Å². The van der Waals surface area contributed by atoms with Crippen LogP contribution in [0.1, 0.15) is 0 Å². The van der Waals surface area contributed by atoms with Gasteiger partial charge in [0, 0.05) is 19.5 Å². The maximum atomic E-state index is 8.97. The molecule has 0 atom stereocenters. The SMILES string of the molecule is NS(=O)(=O)O.[Zn]. The summed E-state index contributed by atoms with van der Waals surface area (Å²) in [6.45, 7) is 0. The third-order valence-electron chi connectivity index (χ3n) is 0. The summed E-state index contributed by atoms with van der Waals surface area (Å²) in [5.41, 5.74) is 0. The van der Waals surface area contributed by atoms with E-state index in [9.17, 15) is 0 Å². The smallest absolute Gasteiger partial charge is 0.274 e. The Balaban J connectivity index is 0. The van der Waals surface area contributed by atoms with E-state index in [1.54, 1.807) is 0 Å². The average molecular weight is 162 g/mol. The van der Waals surface area contributed by atoms with Crippen molar-refractivity contribution < 1.29 is 32.4 Å². The molecule has 0 aromatic heterocycles. The minimum atomic E-state index is -4.17. The van der Waals surface area contributed by atoms with Gasteiger partial charge in [-0.1, -0.05) is 0 Å². The van der Waals surface area contributed by atoms with Crippen LogP contribution in [0.3, 0.4) is 0 Å². The normalized spacial score (nSPS) is 9.67. The zero-order valence-corrected chi connectivity index (χ0v) is 6.74. The zero-order valence-electron chi connectivity index (χ0n) is 2.96. The molecule has 0 radical (unpaired) electrons. The van der Waals surface area contributed by atoms with Crippen LogP contribution >= 0.6 is 0 Å². The summed E-state index contributed by atoms with van der Waals surface area (Å²) in [6.07, 6.45) is 0. The summed E-state index contributed by atoms with van der Waals surface area (Å²) < 4.78 is 25.2. The second-order valence-electron chi connectivity index (χ2n) is 0.515. The maximum absolute atomic E-state index is 8.97. The van der Waals surface area contributed by atoms with Crippen LogP contribution in [0.25, 0.3) is 0 Å². The van der Waals surface area contributed by atoms with Gasteiger partial charge in [0.25, 0.3) is 0 Å².